The van der Waals surface area contributed by atoms with E-state index in [4.69, 9.17) is 5.73 Å². The lowest BCUT2D eigenvalue weighted by molar-refractivity contribution is 0.676. The Morgan fingerprint density at radius 2 is 2.00 bits per heavy atom. The van der Waals surface area contributed by atoms with Gasteiger partial charge in [-0.2, -0.15) is 0 Å². The standard InChI is InChI=1S/C13H17N3OS/c14-6-5-10-3-1-2-4-11(10)7-15-8-12-9-18-13(17)16-12/h1-4,9,15H,5-8,14H2,(H,16,17). The minimum absolute atomic E-state index is 0.00432. The van der Waals surface area contributed by atoms with E-state index >= 15 is 0 Å². The highest BCUT2D eigenvalue weighted by Crippen LogP contribution is 2.09. The molecule has 0 amide bonds. The molecule has 0 bridgehead atoms. The zero-order valence-corrected chi connectivity index (χ0v) is 10.9. The number of aromatic amines is 1. The zero-order chi connectivity index (χ0) is 12.8. The fourth-order valence-electron chi connectivity index (χ4n) is 1.86. The Morgan fingerprint density at radius 1 is 1.22 bits per heavy atom. The predicted octanol–water partition coefficient (Wildman–Crippen LogP) is 1.23. The van der Waals surface area contributed by atoms with Gasteiger partial charge in [0.2, 0.25) is 0 Å². The van der Waals surface area contributed by atoms with E-state index in [-0.39, 0.29) is 4.87 Å². The van der Waals surface area contributed by atoms with Crippen LogP contribution in [0.1, 0.15) is 16.8 Å². The van der Waals surface area contributed by atoms with Gasteiger partial charge < -0.3 is 16.0 Å². The topological polar surface area (TPSA) is 70.9 Å². The van der Waals surface area contributed by atoms with Crippen LogP contribution in [-0.4, -0.2) is 11.5 Å². The summed E-state index contributed by atoms with van der Waals surface area (Å²) in [7, 11) is 0. The highest BCUT2D eigenvalue weighted by atomic mass is 32.1. The van der Waals surface area contributed by atoms with Crippen molar-refractivity contribution < 1.29 is 0 Å². The van der Waals surface area contributed by atoms with Gasteiger partial charge in [0.1, 0.15) is 0 Å². The van der Waals surface area contributed by atoms with Gasteiger partial charge in [-0.3, -0.25) is 4.79 Å². The van der Waals surface area contributed by atoms with Crippen LogP contribution < -0.4 is 15.9 Å². The number of nitrogens with two attached hydrogens (primary N) is 1. The summed E-state index contributed by atoms with van der Waals surface area (Å²) in [6, 6.07) is 8.28. The molecule has 0 atom stereocenters. The molecule has 5 heteroatoms. The Bertz CT molecular complexity index is 547. The third-order valence-electron chi connectivity index (χ3n) is 2.73. The molecule has 2 aromatic rings. The van der Waals surface area contributed by atoms with E-state index in [1.54, 1.807) is 0 Å². The van der Waals surface area contributed by atoms with Crippen molar-refractivity contribution in [3.8, 4) is 0 Å². The second kappa shape index (κ2) is 6.49. The summed E-state index contributed by atoms with van der Waals surface area (Å²) >= 11 is 1.19. The Balaban J connectivity index is 1.91. The van der Waals surface area contributed by atoms with E-state index in [1.807, 2.05) is 17.5 Å². The van der Waals surface area contributed by atoms with Gasteiger partial charge in [-0.1, -0.05) is 35.6 Å². The minimum Gasteiger partial charge on any atom is -0.330 e. The normalized spacial score (nSPS) is 10.7. The fourth-order valence-corrected chi connectivity index (χ4v) is 2.44. The van der Waals surface area contributed by atoms with Crippen molar-refractivity contribution in [3.05, 3.63) is 56.1 Å². The van der Waals surface area contributed by atoms with Crippen LogP contribution in [0.25, 0.3) is 0 Å². The number of aromatic nitrogens is 1. The lowest BCUT2D eigenvalue weighted by Crippen LogP contribution is -2.16. The largest absolute Gasteiger partial charge is 0.330 e. The Hall–Kier alpha value is -1.43. The van der Waals surface area contributed by atoms with Crippen LogP contribution in [0.4, 0.5) is 0 Å². The van der Waals surface area contributed by atoms with Crippen LogP contribution in [0.5, 0.6) is 0 Å². The van der Waals surface area contributed by atoms with Crippen molar-refractivity contribution in [3.63, 3.8) is 0 Å². The van der Waals surface area contributed by atoms with Gasteiger partial charge in [0.05, 0.1) is 0 Å². The van der Waals surface area contributed by atoms with Gasteiger partial charge in [0.15, 0.2) is 0 Å². The SMILES string of the molecule is NCCc1ccccc1CNCc1csc(=O)[nH]1. The summed E-state index contributed by atoms with van der Waals surface area (Å²) < 4.78 is 0. The maximum absolute atomic E-state index is 11.0. The molecule has 2 rings (SSSR count). The molecule has 18 heavy (non-hydrogen) atoms. The molecule has 1 aromatic carbocycles. The van der Waals surface area contributed by atoms with Gasteiger partial charge in [-0.05, 0) is 24.1 Å². The molecule has 0 aliphatic heterocycles. The molecule has 0 aliphatic rings. The number of H-pyrrole nitrogens is 1. The second-order valence-corrected chi connectivity index (χ2v) is 4.93. The summed E-state index contributed by atoms with van der Waals surface area (Å²) in [6.45, 7) is 2.12. The second-order valence-electron chi connectivity index (χ2n) is 4.08. The monoisotopic (exact) mass is 263 g/mol. The summed E-state index contributed by atoms with van der Waals surface area (Å²) in [4.78, 5) is 13.8. The van der Waals surface area contributed by atoms with Crippen LogP contribution in [0.2, 0.25) is 0 Å². The van der Waals surface area contributed by atoms with Crippen molar-refractivity contribution in [2.24, 2.45) is 5.73 Å². The predicted molar refractivity (Wildman–Crippen MR) is 74.7 cm³/mol. The van der Waals surface area contributed by atoms with E-state index in [9.17, 15) is 4.79 Å². The molecule has 1 heterocycles. The van der Waals surface area contributed by atoms with E-state index in [0.29, 0.717) is 13.1 Å². The van der Waals surface area contributed by atoms with Crippen molar-refractivity contribution in [2.45, 2.75) is 19.5 Å². The molecule has 0 unspecified atom stereocenters. The molecular formula is C13H17N3OS. The molecule has 0 radical (unpaired) electrons. The Morgan fingerprint density at radius 3 is 2.67 bits per heavy atom. The first-order valence-corrected chi connectivity index (χ1v) is 6.82. The van der Waals surface area contributed by atoms with Crippen molar-refractivity contribution >= 4 is 11.3 Å². The Labute approximate surface area is 110 Å². The molecular weight excluding hydrogens is 246 g/mol. The van der Waals surface area contributed by atoms with Gasteiger partial charge in [-0.25, -0.2) is 0 Å². The van der Waals surface area contributed by atoms with Crippen LogP contribution in [0, 0.1) is 0 Å². The van der Waals surface area contributed by atoms with Crippen LogP contribution in [0.3, 0.4) is 0 Å². The molecule has 0 fully saturated rings. The van der Waals surface area contributed by atoms with Crippen molar-refractivity contribution in [1.29, 1.82) is 0 Å². The number of hydrogen-bond donors (Lipinski definition) is 3. The zero-order valence-electron chi connectivity index (χ0n) is 10.1. The molecule has 0 saturated carbocycles. The number of thiazole rings is 1. The number of hydrogen-bond acceptors (Lipinski definition) is 4. The summed E-state index contributed by atoms with van der Waals surface area (Å²) in [6.07, 6.45) is 0.896. The number of benzene rings is 1. The van der Waals surface area contributed by atoms with Crippen LogP contribution in [-0.2, 0) is 19.5 Å². The molecule has 4 nitrogen and oxygen atoms in total. The number of nitrogens with one attached hydrogen (secondary N) is 2. The van der Waals surface area contributed by atoms with E-state index < -0.39 is 0 Å². The molecule has 96 valence electrons. The van der Waals surface area contributed by atoms with Gasteiger partial charge in [0.25, 0.3) is 0 Å². The fraction of sp³-hybridized carbons (Fsp3) is 0.308. The molecule has 0 spiro atoms. The van der Waals surface area contributed by atoms with Gasteiger partial charge in [-0.15, -0.1) is 0 Å². The lowest BCUT2D eigenvalue weighted by Gasteiger charge is -2.09. The van der Waals surface area contributed by atoms with Gasteiger partial charge in [0, 0.05) is 24.2 Å². The van der Waals surface area contributed by atoms with Crippen molar-refractivity contribution in [1.82, 2.24) is 10.3 Å². The molecule has 1 aromatic heterocycles. The minimum atomic E-state index is -0.00432. The smallest absolute Gasteiger partial charge is 0.304 e. The van der Waals surface area contributed by atoms with E-state index in [0.717, 1.165) is 18.7 Å². The van der Waals surface area contributed by atoms with E-state index in [2.05, 4.69) is 22.4 Å². The molecule has 0 aliphatic carbocycles. The van der Waals surface area contributed by atoms with Crippen LogP contribution >= 0.6 is 11.3 Å². The number of rotatable bonds is 6. The first kappa shape index (κ1) is 13.0. The van der Waals surface area contributed by atoms with E-state index in [1.165, 1.54) is 22.5 Å². The van der Waals surface area contributed by atoms with Crippen molar-refractivity contribution in [2.75, 3.05) is 6.54 Å². The average Bonchev–Trinajstić information content (AvgIpc) is 2.78. The van der Waals surface area contributed by atoms with Gasteiger partial charge >= 0.3 is 4.87 Å². The highest BCUT2D eigenvalue weighted by Gasteiger charge is 2.01. The summed E-state index contributed by atoms with van der Waals surface area (Å²) in [5, 5.41) is 5.17. The average molecular weight is 263 g/mol. The maximum atomic E-state index is 11.0. The lowest BCUT2D eigenvalue weighted by atomic mass is 10.0. The first-order valence-electron chi connectivity index (χ1n) is 5.94. The first-order chi connectivity index (χ1) is 8.79. The third kappa shape index (κ3) is 3.53. The van der Waals surface area contributed by atoms with Crippen LogP contribution in [0.15, 0.2) is 34.4 Å². The quantitative estimate of drug-likeness (QED) is 0.734. The maximum Gasteiger partial charge on any atom is 0.304 e. The molecule has 0 saturated heterocycles. The highest BCUT2D eigenvalue weighted by molar-refractivity contribution is 7.07. The molecule has 4 N–H and O–H groups in total. The summed E-state index contributed by atoms with van der Waals surface area (Å²) in [5.41, 5.74) is 9.07. The summed E-state index contributed by atoms with van der Waals surface area (Å²) in [5.74, 6) is 0. The Kier molecular flexibility index (Phi) is 4.69. The third-order valence-corrected chi connectivity index (χ3v) is 3.45.